The number of hydrogen-bond donors (Lipinski definition) is 2. The Hall–Kier alpha value is -1.44. The third kappa shape index (κ3) is 6.03. The van der Waals surface area contributed by atoms with Gasteiger partial charge in [-0.3, -0.25) is 4.79 Å². The average molecular weight is 411 g/mol. The molecular weight excluding hydrogens is 376 g/mol. The lowest BCUT2D eigenvalue weighted by Crippen LogP contribution is -2.39. The van der Waals surface area contributed by atoms with Gasteiger partial charge in [0, 0.05) is 25.3 Å². The summed E-state index contributed by atoms with van der Waals surface area (Å²) in [6, 6.07) is 6.24. The van der Waals surface area contributed by atoms with E-state index < -0.39 is 10.0 Å². The van der Waals surface area contributed by atoms with Crippen molar-refractivity contribution in [3.8, 4) is 0 Å². The Morgan fingerprint density at radius 1 is 1.14 bits per heavy atom. The Kier molecular flexibility index (Phi) is 8.04. The van der Waals surface area contributed by atoms with Crippen molar-refractivity contribution in [2.45, 2.75) is 63.8 Å². The Balaban J connectivity index is 1.90. The number of benzene rings is 1. The monoisotopic (exact) mass is 410 g/mol. The van der Waals surface area contributed by atoms with Crippen LogP contribution in [-0.4, -0.2) is 40.6 Å². The van der Waals surface area contributed by atoms with Gasteiger partial charge in [-0.15, -0.1) is 0 Å². The summed E-state index contributed by atoms with van der Waals surface area (Å²) in [5.41, 5.74) is 0.833. The number of amides is 1. The highest BCUT2D eigenvalue weighted by molar-refractivity contribution is 7.89. The molecule has 0 radical (unpaired) electrons. The van der Waals surface area contributed by atoms with Crippen LogP contribution in [0.2, 0.25) is 0 Å². The van der Waals surface area contributed by atoms with E-state index in [-0.39, 0.29) is 23.4 Å². The second-order valence-electron chi connectivity index (χ2n) is 8.28. The Bertz CT molecular complexity index is 736. The highest BCUT2D eigenvalue weighted by atomic mass is 32.2. The predicted octanol–water partition coefficient (Wildman–Crippen LogP) is 3.34. The number of nitrogens with one attached hydrogen (secondary N) is 2. The molecule has 28 heavy (non-hydrogen) atoms. The molecule has 0 unspecified atom stereocenters. The van der Waals surface area contributed by atoms with E-state index in [0.29, 0.717) is 23.5 Å². The molecule has 0 aromatic heterocycles. The number of carbonyl (C=O) groups is 1. The zero-order chi connectivity index (χ0) is 20.8. The molecule has 0 aliphatic heterocycles. The van der Waals surface area contributed by atoms with E-state index in [1.807, 2.05) is 0 Å². The van der Waals surface area contributed by atoms with Crippen molar-refractivity contribution in [1.82, 2.24) is 10.0 Å². The minimum atomic E-state index is -3.59. The zero-order valence-corrected chi connectivity index (χ0v) is 18.3. The second-order valence-corrected chi connectivity index (χ2v) is 10.0. The maximum atomic E-state index is 12.5. The Labute approximate surface area is 169 Å². The summed E-state index contributed by atoms with van der Waals surface area (Å²) in [5, 5.41) is 3.10. The van der Waals surface area contributed by atoms with Crippen LogP contribution in [0.1, 0.15) is 63.2 Å². The van der Waals surface area contributed by atoms with Gasteiger partial charge in [0.1, 0.15) is 0 Å². The van der Waals surface area contributed by atoms with E-state index in [4.69, 9.17) is 4.74 Å². The number of hydrogen-bond acceptors (Lipinski definition) is 4. The van der Waals surface area contributed by atoms with E-state index in [1.54, 1.807) is 12.1 Å². The van der Waals surface area contributed by atoms with Gasteiger partial charge in [-0.25, -0.2) is 13.1 Å². The van der Waals surface area contributed by atoms with Crippen molar-refractivity contribution in [1.29, 1.82) is 0 Å². The van der Waals surface area contributed by atoms with Crippen LogP contribution >= 0.6 is 0 Å². The summed E-state index contributed by atoms with van der Waals surface area (Å²) in [6.45, 7) is 7.41. The molecule has 0 saturated heterocycles. The molecule has 1 aromatic rings. The maximum absolute atomic E-state index is 12.5. The largest absolute Gasteiger partial charge is 0.383 e. The van der Waals surface area contributed by atoms with Crippen molar-refractivity contribution in [2.24, 2.45) is 11.3 Å². The molecule has 0 heterocycles. The van der Waals surface area contributed by atoms with Crippen LogP contribution in [0.4, 0.5) is 0 Å². The van der Waals surface area contributed by atoms with Crippen LogP contribution in [0.3, 0.4) is 0 Å². The Morgan fingerprint density at radius 2 is 1.75 bits per heavy atom. The summed E-state index contributed by atoms with van der Waals surface area (Å²) in [7, 11) is -2.07. The second kappa shape index (κ2) is 9.85. The average Bonchev–Trinajstić information content (AvgIpc) is 2.68. The third-order valence-corrected chi connectivity index (χ3v) is 7.58. The minimum Gasteiger partial charge on any atom is -0.383 e. The normalized spacial score (nSPS) is 20.7. The predicted molar refractivity (Wildman–Crippen MR) is 111 cm³/mol. The van der Waals surface area contributed by atoms with E-state index >= 15 is 0 Å². The first kappa shape index (κ1) is 22.8. The summed E-state index contributed by atoms with van der Waals surface area (Å²) in [5.74, 6) is 0.565. The molecule has 1 saturated carbocycles. The molecule has 6 nitrogen and oxygen atoms in total. The first-order valence-corrected chi connectivity index (χ1v) is 11.6. The Morgan fingerprint density at radius 3 is 2.29 bits per heavy atom. The molecule has 1 aliphatic carbocycles. The van der Waals surface area contributed by atoms with Crippen molar-refractivity contribution in [3.63, 3.8) is 0 Å². The molecule has 1 fully saturated rings. The molecule has 2 N–H and O–H groups in total. The molecule has 1 amide bonds. The molecule has 7 heteroatoms. The standard InChI is InChI=1S/C21H34N2O4S/c1-5-21(2,3)17-8-10-18(11-9-17)23-20(24)16-6-12-19(13-7-16)28(25,26)22-14-15-27-4/h6-7,12-13,17-18,22H,5,8-11,14-15H2,1-4H3,(H,23,24). The molecule has 1 aliphatic rings. The van der Waals surface area contributed by atoms with Gasteiger partial charge >= 0.3 is 0 Å². The van der Waals surface area contributed by atoms with Gasteiger partial charge in [-0.1, -0.05) is 27.2 Å². The first-order chi connectivity index (χ1) is 13.2. The highest BCUT2D eigenvalue weighted by Gasteiger charge is 2.32. The number of sulfonamides is 1. The SMILES string of the molecule is CCC(C)(C)C1CCC(NC(=O)c2ccc(S(=O)(=O)NCCOC)cc2)CC1. The van der Waals surface area contributed by atoms with E-state index in [0.717, 1.165) is 25.7 Å². The quantitative estimate of drug-likeness (QED) is 0.612. The van der Waals surface area contributed by atoms with Gasteiger partial charge in [0.2, 0.25) is 10.0 Å². The van der Waals surface area contributed by atoms with E-state index in [1.165, 1.54) is 25.7 Å². The van der Waals surface area contributed by atoms with Crippen LogP contribution in [-0.2, 0) is 14.8 Å². The molecule has 158 valence electrons. The summed E-state index contributed by atoms with van der Waals surface area (Å²) in [6.07, 6.45) is 5.43. The summed E-state index contributed by atoms with van der Waals surface area (Å²) in [4.78, 5) is 12.7. The molecule has 1 aromatic carbocycles. The smallest absolute Gasteiger partial charge is 0.251 e. The van der Waals surface area contributed by atoms with Gasteiger partial charge < -0.3 is 10.1 Å². The van der Waals surface area contributed by atoms with Crippen LogP contribution in [0, 0.1) is 11.3 Å². The van der Waals surface area contributed by atoms with E-state index in [2.05, 4.69) is 30.8 Å². The lowest BCUT2D eigenvalue weighted by atomic mass is 9.69. The molecule has 0 atom stereocenters. The first-order valence-electron chi connectivity index (χ1n) is 10.1. The van der Waals surface area contributed by atoms with Gasteiger partial charge in [0.05, 0.1) is 11.5 Å². The van der Waals surface area contributed by atoms with Gasteiger partial charge in [0.25, 0.3) is 5.91 Å². The summed E-state index contributed by atoms with van der Waals surface area (Å²) < 4.78 is 31.7. The number of ether oxygens (including phenoxy) is 1. The third-order valence-electron chi connectivity index (χ3n) is 6.10. The topological polar surface area (TPSA) is 84.5 Å². The van der Waals surface area contributed by atoms with Gasteiger partial charge in [0.15, 0.2) is 0 Å². The summed E-state index contributed by atoms with van der Waals surface area (Å²) >= 11 is 0. The molecule has 2 rings (SSSR count). The zero-order valence-electron chi connectivity index (χ0n) is 17.5. The lowest BCUT2D eigenvalue weighted by molar-refractivity contribution is 0.0893. The van der Waals surface area contributed by atoms with Crippen LogP contribution < -0.4 is 10.0 Å². The van der Waals surface area contributed by atoms with Gasteiger partial charge in [-0.2, -0.15) is 0 Å². The van der Waals surface area contributed by atoms with Gasteiger partial charge in [-0.05, 0) is 61.3 Å². The fraction of sp³-hybridized carbons (Fsp3) is 0.667. The molecule has 0 bridgehead atoms. The van der Waals surface area contributed by atoms with Crippen LogP contribution in [0.5, 0.6) is 0 Å². The lowest BCUT2D eigenvalue weighted by Gasteiger charge is -2.39. The van der Waals surface area contributed by atoms with Crippen molar-refractivity contribution in [3.05, 3.63) is 29.8 Å². The van der Waals surface area contributed by atoms with Crippen molar-refractivity contribution < 1.29 is 17.9 Å². The van der Waals surface area contributed by atoms with Crippen LogP contribution in [0.25, 0.3) is 0 Å². The highest BCUT2D eigenvalue weighted by Crippen LogP contribution is 2.40. The minimum absolute atomic E-state index is 0.141. The maximum Gasteiger partial charge on any atom is 0.251 e. The fourth-order valence-electron chi connectivity index (χ4n) is 3.72. The molecular formula is C21H34N2O4S. The molecule has 0 spiro atoms. The number of methoxy groups -OCH3 is 1. The van der Waals surface area contributed by atoms with Crippen LogP contribution in [0.15, 0.2) is 29.2 Å². The van der Waals surface area contributed by atoms with Crippen molar-refractivity contribution in [2.75, 3.05) is 20.3 Å². The fourth-order valence-corrected chi connectivity index (χ4v) is 4.74. The van der Waals surface area contributed by atoms with E-state index in [9.17, 15) is 13.2 Å². The number of carbonyl (C=O) groups excluding carboxylic acids is 1. The number of rotatable bonds is 9. The van der Waals surface area contributed by atoms with Crippen molar-refractivity contribution >= 4 is 15.9 Å².